The molecule has 4 aliphatic carbocycles. The van der Waals surface area contributed by atoms with Crippen LogP contribution in [-0.2, 0) is 5.41 Å². The molecule has 0 atom stereocenters. The van der Waals surface area contributed by atoms with E-state index >= 15 is 0 Å². The van der Waals surface area contributed by atoms with Gasteiger partial charge in [0.1, 0.15) is 10.8 Å². The van der Waals surface area contributed by atoms with Crippen LogP contribution < -0.4 is 0 Å². The molecule has 2 aromatic rings. The molecule has 6 rings (SSSR count). The molecule has 0 saturated heterocycles. The molecule has 1 N–H and O–H groups in total. The number of benzene rings is 2. The first-order chi connectivity index (χ1) is 13.9. The van der Waals surface area contributed by atoms with Crippen molar-refractivity contribution >= 4 is 29.2 Å². The standard InChI is InChI=1S/C23H23ClN2O3/c24-20-3-2-19(9-21(20)26(28)29)25-13-17-8-18(1-4-22(17)27)23-10-14-5-15(11-23)7-16(6-14)12-23/h1-4,8-9,13-16,27H,5-7,10-12H2. The van der Waals surface area contributed by atoms with E-state index in [1.165, 1.54) is 56.2 Å². The van der Waals surface area contributed by atoms with Crippen molar-refractivity contribution in [2.45, 2.75) is 43.9 Å². The molecule has 0 unspecified atom stereocenters. The van der Waals surface area contributed by atoms with Gasteiger partial charge in [0.2, 0.25) is 0 Å². The fourth-order valence-electron chi connectivity index (χ4n) is 6.32. The molecule has 0 radical (unpaired) electrons. The molecular weight excluding hydrogens is 388 g/mol. The number of phenolic OH excluding ortho intramolecular Hbond substituents is 1. The van der Waals surface area contributed by atoms with Gasteiger partial charge in [-0.2, -0.15) is 0 Å². The van der Waals surface area contributed by atoms with Crippen LogP contribution in [0.3, 0.4) is 0 Å². The topological polar surface area (TPSA) is 75.7 Å². The van der Waals surface area contributed by atoms with E-state index in [4.69, 9.17) is 11.6 Å². The van der Waals surface area contributed by atoms with Gasteiger partial charge in [-0.05, 0) is 91.5 Å². The summed E-state index contributed by atoms with van der Waals surface area (Å²) >= 11 is 5.87. The fourth-order valence-corrected chi connectivity index (χ4v) is 6.50. The van der Waals surface area contributed by atoms with Crippen molar-refractivity contribution in [3.8, 4) is 5.75 Å². The second-order valence-corrected chi connectivity index (χ2v) is 9.53. The van der Waals surface area contributed by atoms with Crippen LogP contribution >= 0.6 is 11.6 Å². The van der Waals surface area contributed by atoms with Crippen LogP contribution in [0.2, 0.25) is 5.02 Å². The Morgan fingerprint density at radius 3 is 2.34 bits per heavy atom. The van der Waals surface area contributed by atoms with Crippen LogP contribution in [0.25, 0.3) is 0 Å². The van der Waals surface area contributed by atoms with Crippen molar-refractivity contribution < 1.29 is 10.0 Å². The second-order valence-electron chi connectivity index (χ2n) is 9.12. The lowest BCUT2D eigenvalue weighted by Gasteiger charge is -2.57. The van der Waals surface area contributed by atoms with Gasteiger partial charge in [0.05, 0.1) is 10.6 Å². The number of aromatic hydroxyl groups is 1. The molecule has 0 heterocycles. The van der Waals surface area contributed by atoms with Gasteiger partial charge >= 0.3 is 0 Å². The summed E-state index contributed by atoms with van der Waals surface area (Å²) < 4.78 is 0. The van der Waals surface area contributed by atoms with E-state index in [1.54, 1.807) is 18.3 Å². The maximum Gasteiger partial charge on any atom is 0.290 e. The predicted molar refractivity (Wildman–Crippen MR) is 113 cm³/mol. The maximum atomic E-state index is 11.1. The Hall–Kier alpha value is -2.40. The molecule has 6 heteroatoms. The summed E-state index contributed by atoms with van der Waals surface area (Å²) in [6.07, 6.45) is 9.52. The van der Waals surface area contributed by atoms with Gasteiger partial charge < -0.3 is 5.11 Å². The zero-order valence-corrected chi connectivity index (χ0v) is 16.8. The third-order valence-electron chi connectivity index (χ3n) is 7.16. The molecule has 4 fully saturated rings. The Morgan fingerprint density at radius 2 is 1.72 bits per heavy atom. The number of halogens is 1. The van der Waals surface area contributed by atoms with Gasteiger partial charge in [-0.3, -0.25) is 15.1 Å². The van der Waals surface area contributed by atoms with Crippen LogP contribution in [0.5, 0.6) is 5.75 Å². The number of aliphatic imine (C=N–C) groups is 1. The monoisotopic (exact) mass is 410 g/mol. The van der Waals surface area contributed by atoms with Crippen molar-refractivity contribution in [2.24, 2.45) is 22.7 Å². The number of nitro benzene ring substituents is 1. The van der Waals surface area contributed by atoms with Gasteiger partial charge in [-0.15, -0.1) is 0 Å². The average molecular weight is 411 g/mol. The van der Waals surface area contributed by atoms with E-state index in [-0.39, 0.29) is 21.9 Å². The molecule has 4 bridgehead atoms. The van der Waals surface area contributed by atoms with E-state index in [0.29, 0.717) is 11.3 Å². The highest BCUT2D eigenvalue weighted by molar-refractivity contribution is 6.32. The van der Waals surface area contributed by atoms with Crippen LogP contribution in [0.15, 0.2) is 41.4 Å². The fraction of sp³-hybridized carbons (Fsp3) is 0.435. The van der Waals surface area contributed by atoms with Gasteiger partial charge in [0, 0.05) is 17.8 Å². The first-order valence-corrected chi connectivity index (χ1v) is 10.6. The molecule has 0 aromatic heterocycles. The molecule has 4 saturated carbocycles. The molecular formula is C23H23ClN2O3. The normalized spacial score (nSPS) is 30.2. The number of hydrogen-bond acceptors (Lipinski definition) is 4. The van der Waals surface area contributed by atoms with E-state index in [2.05, 4.69) is 17.1 Å². The smallest absolute Gasteiger partial charge is 0.290 e. The van der Waals surface area contributed by atoms with Crippen LogP contribution in [-0.4, -0.2) is 16.2 Å². The van der Waals surface area contributed by atoms with Gasteiger partial charge in [0.15, 0.2) is 0 Å². The van der Waals surface area contributed by atoms with Gasteiger partial charge in [0.25, 0.3) is 5.69 Å². The summed E-state index contributed by atoms with van der Waals surface area (Å²) in [5, 5.41) is 21.5. The Balaban J connectivity index is 1.46. The minimum atomic E-state index is -0.521. The van der Waals surface area contributed by atoms with Crippen molar-refractivity contribution in [1.82, 2.24) is 0 Å². The lowest BCUT2D eigenvalue weighted by molar-refractivity contribution is -0.384. The summed E-state index contributed by atoms with van der Waals surface area (Å²) in [7, 11) is 0. The van der Waals surface area contributed by atoms with Gasteiger partial charge in [-0.25, -0.2) is 0 Å². The SMILES string of the molecule is O=[N+]([O-])c1cc(N=Cc2cc(C34CC5CC(CC(C5)C3)C4)ccc2O)ccc1Cl. The highest BCUT2D eigenvalue weighted by Gasteiger charge is 2.51. The summed E-state index contributed by atoms with van der Waals surface area (Å²) in [5.41, 5.74) is 2.45. The Bertz CT molecular complexity index is 982. The Kier molecular flexibility index (Phi) is 4.39. The molecule has 150 valence electrons. The highest BCUT2D eigenvalue weighted by atomic mass is 35.5. The molecule has 5 nitrogen and oxygen atoms in total. The minimum absolute atomic E-state index is 0.0839. The average Bonchev–Trinajstić information content (AvgIpc) is 2.67. The number of nitro groups is 1. The third kappa shape index (κ3) is 3.31. The Morgan fingerprint density at radius 1 is 1.07 bits per heavy atom. The zero-order valence-electron chi connectivity index (χ0n) is 16.1. The highest BCUT2D eigenvalue weighted by Crippen LogP contribution is 2.60. The lowest BCUT2D eigenvalue weighted by atomic mass is 9.48. The molecule has 2 aromatic carbocycles. The number of rotatable bonds is 4. The predicted octanol–water partition coefficient (Wildman–Crippen LogP) is 6.17. The summed E-state index contributed by atoms with van der Waals surface area (Å²) in [4.78, 5) is 14.9. The largest absolute Gasteiger partial charge is 0.507 e. The number of phenols is 1. The molecule has 29 heavy (non-hydrogen) atoms. The number of nitrogens with zero attached hydrogens (tertiary/aromatic N) is 2. The van der Waals surface area contributed by atoms with Crippen molar-refractivity contribution in [3.63, 3.8) is 0 Å². The summed E-state index contributed by atoms with van der Waals surface area (Å²) in [5.74, 6) is 2.72. The van der Waals surface area contributed by atoms with Gasteiger partial charge in [-0.1, -0.05) is 17.7 Å². The molecule has 0 aliphatic heterocycles. The molecule has 4 aliphatic rings. The van der Waals surface area contributed by atoms with Crippen molar-refractivity contribution in [1.29, 1.82) is 0 Å². The van der Waals surface area contributed by atoms with Crippen LogP contribution in [0.4, 0.5) is 11.4 Å². The van der Waals surface area contributed by atoms with Crippen molar-refractivity contribution in [2.75, 3.05) is 0 Å². The summed E-state index contributed by atoms with van der Waals surface area (Å²) in [6.45, 7) is 0. The molecule has 0 amide bonds. The van der Waals surface area contributed by atoms with E-state index < -0.39 is 4.92 Å². The van der Waals surface area contributed by atoms with E-state index in [9.17, 15) is 15.2 Å². The Labute approximate surface area is 174 Å². The quantitative estimate of drug-likeness (QED) is 0.372. The van der Waals surface area contributed by atoms with E-state index in [0.717, 1.165) is 17.8 Å². The lowest BCUT2D eigenvalue weighted by Crippen LogP contribution is -2.48. The van der Waals surface area contributed by atoms with Crippen LogP contribution in [0, 0.1) is 27.9 Å². The first-order valence-electron chi connectivity index (χ1n) is 10.2. The molecule has 0 spiro atoms. The number of hydrogen-bond donors (Lipinski definition) is 1. The van der Waals surface area contributed by atoms with E-state index in [1.807, 2.05) is 0 Å². The zero-order chi connectivity index (χ0) is 20.2. The maximum absolute atomic E-state index is 11.1. The second kappa shape index (κ2) is 6.84. The minimum Gasteiger partial charge on any atom is -0.507 e. The third-order valence-corrected chi connectivity index (χ3v) is 7.48. The first kappa shape index (κ1) is 18.6. The summed E-state index contributed by atoms with van der Waals surface area (Å²) in [6, 6.07) is 10.4. The van der Waals surface area contributed by atoms with Crippen molar-refractivity contribution in [3.05, 3.63) is 62.7 Å². The van der Waals surface area contributed by atoms with Crippen LogP contribution in [0.1, 0.15) is 49.7 Å².